The minimum absolute atomic E-state index is 0.00518. The molecule has 156 valence electrons. The number of halogens is 1. The highest BCUT2D eigenvalue weighted by atomic mass is 19.1. The summed E-state index contributed by atoms with van der Waals surface area (Å²) in [6.45, 7) is 1.07. The van der Waals surface area contributed by atoms with Crippen LogP contribution in [0.2, 0.25) is 0 Å². The number of pyridine rings is 1. The number of benzene rings is 1. The van der Waals surface area contributed by atoms with Gasteiger partial charge in [0, 0.05) is 30.7 Å². The van der Waals surface area contributed by atoms with Crippen LogP contribution in [-0.2, 0) is 17.8 Å². The van der Waals surface area contributed by atoms with E-state index in [2.05, 4.69) is 4.98 Å². The van der Waals surface area contributed by atoms with Crippen LogP contribution in [0.3, 0.4) is 0 Å². The lowest BCUT2D eigenvalue weighted by Gasteiger charge is -2.35. The molecule has 1 amide bonds. The van der Waals surface area contributed by atoms with E-state index in [-0.39, 0.29) is 30.8 Å². The van der Waals surface area contributed by atoms with Gasteiger partial charge in [0.05, 0.1) is 31.3 Å². The number of carbonyl (C=O) groups is 1. The van der Waals surface area contributed by atoms with Gasteiger partial charge >= 0.3 is 0 Å². The van der Waals surface area contributed by atoms with Crippen molar-refractivity contribution in [1.82, 2.24) is 19.7 Å². The number of rotatable bonds is 6. The first-order valence-electron chi connectivity index (χ1n) is 10.3. The highest BCUT2D eigenvalue weighted by molar-refractivity contribution is 5.80. The van der Waals surface area contributed by atoms with E-state index in [1.807, 2.05) is 23.2 Å². The molecule has 7 heteroatoms. The monoisotopic (exact) mass is 408 g/mol. The summed E-state index contributed by atoms with van der Waals surface area (Å²) in [5, 5.41) is 14.1. The first-order chi connectivity index (χ1) is 14.7. The number of likely N-dealkylation sites (tertiary alicyclic amines) is 1. The van der Waals surface area contributed by atoms with Crippen molar-refractivity contribution in [1.29, 1.82) is 0 Å². The van der Waals surface area contributed by atoms with Crippen molar-refractivity contribution >= 4 is 5.91 Å². The average Bonchev–Trinajstić information content (AvgIpc) is 3.20. The van der Waals surface area contributed by atoms with Gasteiger partial charge in [-0.25, -0.2) is 4.39 Å². The first-order valence-corrected chi connectivity index (χ1v) is 10.3. The van der Waals surface area contributed by atoms with Gasteiger partial charge in [-0.3, -0.25) is 14.5 Å². The second-order valence-corrected chi connectivity index (χ2v) is 7.55. The molecule has 1 aromatic carbocycles. The Morgan fingerprint density at radius 3 is 2.63 bits per heavy atom. The molecule has 6 nitrogen and oxygen atoms in total. The maximum Gasteiger partial charge on any atom is 0.227 e. The van der Waals surface area contributed by atoms with Crippen molar-refractivity contribution in [3.05, 3.63) is 72.1 Å². The highest BCUT2D eigenvalue weighted by Crippen LogP contribution is 2.36. The summed E-state index contributed by atoms with van der Waals surface area (Å²) >= 11 is 0. The zero-order valence-electron chi connectivity index (χ0n) is 16.7. The number of aliphatic hydroxyl groups excluding tert-OH is 1. The quantitative estimate of drug-likeness (QED) is 0.679. The third kappa shape index (κ3) is 4.41. The predicted octanol–water partition coefficient (Wildman–Crippen LogP) is 3.37. The SMILES string of the molecule is O=C(Cc1ccc(F)cc1)N1CCCCC1c1nn(CCO)cc1-c1ccncc1. The topological polar surface area (TPSA) is 71.2 Å². The molecule has 0 radical (unpaired) electrons. The molecule has 0 spiro atoms. The van der Waals surface area contributed by atoms with Gasteiger partial charge in [-0.15, -0.1) is 0 Å². The van der Waals surface area contributed by atoms with Crippen LogP contribution < -0.4 is 0 Å². The molecular formula is C23H25FN4O2. The predicted molar refractivity (Wildman–Crippen MR) is 111 cm³/mol. The Labute approximate surface area is 175 Å². The standard InChI is InChI=1S/C23H25FN4O2/c24-19-6-4-17(5-7-19)15-22(30)28-12-2-1-3-21(28)23-20(16-27(26-23)13-14-29)18-8-10-25-11-9-18/h4-11,16,21,29H,1-3,12-15H2. The van der Waals surface area contributed by atoms with E-state index in [1.54, 1.807) is 29.2 Å². The number of hydrogen-bond acceptors (Lipinski definition) is 4. The molecule has 30 heavy (non-hydrogen) atoms. The summed E-state index contributed by atoms with van der Waals surface area (Å²) in [7, 11) is 0. The van der Waals surface area contributed by atoms with Crippen LogP contribution in [0.4, 0.5) is 4.39 Å². The van der Waals surface area contributed by atoms with Crippen molar-refractivity contribution in [3.8, 4) is 11.1 Å². The summed E-state index contributed by atoms with van der Waals surface area (Å²) in [5.41, 5.74) is 3.59. The lowest BCUT2D eigenvalue weighted by molar-refractivity contribution is -0.134. The van der Waals surface area contributed by atoms with Gasteiger partial charge < -0.3 is 10.0 Å². The summed E-state index contributed by atoms with van der Waals surface area (Å²) in [5.74, 6) is -0.290. The Morgan fingerprint density at radius 2 is 1.90 bits per heavy atom. The van der Waals surface area contributed by atoms with Crippen LogP contribution >= 0.6 is 0 Å². The molecule has 3 heterocycles. The lowest BCUT2D eigenvalue weighted by Crippen LogP contribution is -2.39. The molecule has 0 saturated carbocycles. The number of carbonyl (C=O) groups excluding carboxylic acids is 1. The zero-order chi connectivity index (χ0) is 20.9. The van der Waals surface area contributed by atoms with Gasteiger partial charge in [0.1, 0.15) is 5.82 Å². The van der Waals surface area contributed by atoms with Crippen molar-refractivity contribution in [2.24, 2.45) is 0 Å². The van der Waals surface area contributed by atoms with Gasteiger partial charge in [-0.05, 0) is 54.7 Å². The van der Waals surface area contributed by atoms with E-state index >= 15 is 0 Å². The second kappa shape index (κ2) is 9.17. The fourth-order valence-electron chi connectivity index (χ4n) is 4.05. The Morgan fingerprint density at radius 1 is 1.13 bits per heavy atom. The molecule has 1 atom stereocenters. The summed E-state index contributed by atoms with van der Waals surface area (Å²) in [6, 6.07) is 9.81. The van der Waals surface area contributed by atoms with E-state index in [9.17, 15) is 14.3 Å². The van der Waals surface area contributed by atoms with Gasteiger partial charge in [0.15, 0.2) is 0 Å². The molecule has 1 unspecified atom stereocenters. The van der Waals surface area contributed by atoms with Gasteiger partial charge in [-0.2, -0.15) is 5.10 Å². The Balaban J connectivity index is 1.65. The maximum absolute atomic E-state index is 13.2. The van der Waals surface area contributed by atoms with Crippen LogP contribution in [0.5, 0.6) is 0 Å². The molecule has 0 bridgehead atoms. The normalized spacial score (nSPS) is 16.6. The summed E-state index contributed by atoms with van der Waals surface area (Å²) in [4.78, 5) is 19.2. The van der Waals surface area contributed by atoms with Crippen LogP contribution in [0.25, 0.3) is 11.1 Å². The van der Waals surface area contributed by atoms with Crippen LogP contribution in [0.15, 0.2) is 55.0 Å². The van der Waals surface area contributed by atoms with Gasteiger partial charge in [-0.1, -0.05) is 12.1 Å². The Kier molecular flexibility index (Phi) is 6.18. The number of hydrogen-bond donors (Lipinski definition) is 1. The maximum atomic E-state index is 13.2. The largest absolute Gasteiger partial charge is 0.394 e. The third-order valence-electron chi connectivity index (χ3n) is 5.52. The van der Waals surface area contributed by atoms with Gasteiger partial charge in [0.25, 0.3) is 0 Å². The highest BCUT2D eigenvalue weighted by Gasteiger charge is 2.32. The van der Waals surface area contributed by atoms with Crippen molar-refractivity contribution in [2.75, 3.05) is 13.2 Å². The third-order valence-corrected chi connectivity index (χ3v) is 5.52. The first kappa shape index (κ1) is 20.2. The molecule has 1 fully saturated rings. The number of amides is 1. The molecule has 4 rings (SSSR count). The molecule has 3 aromatic rings. The molecule has 2 aromatic heterocycles. The summed E-state index contributed by atoms with van der Waals surface area (Å²) in [6.07, 6.45) is 8.45. The number of nitrogens with zero attached hydrogens (tertiary/aromatic N) is 4. The number of piperidine rings is 1. The second-order valence-electron chi connectivity index (χ2n) is 7.55. The van der Waals surface area contributed by atoms with Crippen molar-refractivity contribution < 1.29 is 14.3 Å². The molecule has 1 aliphatic rings. The fraction of sp³-hybridized carbons (Fsp3) is 0.348. The summed E-state index contributed by atoms with van der Waals surface area (Å²) < 4.78 is 14.9. The zero-order valence-corrected chi connectivity index (χ0v) is 16.7. The molecular weight excluding hydrogens is 383 g/mol. The van der Waals surface area contributed by atoms with Crippen molar-refractivity contribution in [3.63, 3.8) is 0 Å². The van der Waals surface area contributed by atoms with Crippen LogP contribution in [0.1, 0.15) is 36.6 Å². The number of aliphatic hydroxyl groups is 1. The van der Waals surface area contributed by atoms with Crippen LogP contribution in [-0.4, -0.2) is 43.8 Å². The van der Waals surface area contributed by atoms with Crippen LogP contribution in [0, 0.1) is 5.82 Å². The van der Waals surface area contributed by atoms with Gasteiger partial charge in [0.2, 0.25) is 5.91 Å². The van der Waals surface area contributed by atoms with E-state index in [0.717, 1.165) is 41.6 Å². The fourth-order valence-corrected chi connectivity index (χ4v) is 4.05. The molecule has 1 aliphatic heterocycles. The Bertz CT molecular complexity index is 988. The van der Waals surface area contributed by atoms with E-state index in [1.165, 1.54) is 12.1 Å². The molecule has 0 aliphatic carbocycles. The smallest absolute Gasteiger partial charge is 0.227 e. The molecule has 1 N–H and O–H groups in total. The number of aromatic nitrogens is 3. The van der Waals surface area contributed by atoms with Crippen molar-refractivity contribution in [2.45, 2.75) is 38.3 Å². The lowest BCUT2D eigenvalue weighted by atomic mass is 9.94. The minimum atomic E-state index is -0.307. The minimum Gasteiger partial charge on any atom is -0.394 e. The van der Waals surface area contributed by atoms with E-state index in [0.29, 0.717) is 13.1 Å². The van der Waals surface area contributed by atoms with E-state index in [4.69, 9.17) is 5.10 Å². The van der Waals surface area contributed by atoms with E-state index < -0.39 is 0 Å². The Hall–Kier alpha value is -3.06. The molecule has 1 saturated heterocycles. The average molecular weight is 408 g/mol.